The van der Waals surface area contributed by atoms with Gasteiger partial charge in [-0.2, -0.15) is 0 Å². The summed E-state index contributed by atoms with van der Waals surface area (Å²) in [6, 6.07) is 11.8. The predicted molar refractivity (Wildman–Crippen MR) is 169 cm³/mol. The number of thiophene rings is 1. The van der Waals surface area contributed by atoms with E-state index in [-0.39, 0.29) is 42.8 Å². The van der Waals surface area contributed by atoms with Crippen molar-refractivity contribution in [1.82, 2.24) is 25.5 Å². The van der Waals surface area contributed by atoms with Crippen LogP contribution in [0.4, 0.5) is 14.9 Å². The third-order valence-electron chi connectivity index (χ3n) is 7.78. The zero-order valence-electron chi connectivity index (χ0n) is 24.5. The summed E-state index contributed by atoms with van der Waals surface area (Å²) in [6.45, 7) is 1.81. The number of aromatic nitrogens is 2. The summed E-state index contributed by atoms with van der Waals surface area (Å²) >= 11 is 1.45. The maximum Gasteiger partial charge on any atom is 0.319 e. The molecule has 1 aliphatic heterocycles. The van der Waals surface area contributed by atoms with Gasteiger partial charge in [0.15, 0.2) is 11.6 Å². The van der Waals surface area contributed by atoms with Crippen molar-refractivity contribution in [3.8, 4) is 22.1 Å². The maximum atomic E-state index is 14.9. The van der Waals surface area contributed by atoms with Gasteiger partial charge >= 0.3 is 6.03 Å². The number of anilines is 1. The number of nitrogens with zero attached hydrogens (tertiary/aromatic N) is 3. The van der Waals surface area contributed by atoms with Gasteiger partial charge in [0.05, 0.1) is 39.4 Å². The van der Waals surface area contributed by atoms with Gasteiger partial charge in [-0.25, -0.2) is 9.18 Å². The molecule has 2 atom stereocenters. The van der Waals surface area contributed by atoms with Crippen molar-refractivity contribution in [2.45, 2.75) is 44.4 Å². The minimum Gasteiger partial charge on any atom is -0.453 e. The van der Waals surface area contributed by atoms with Crippen LogP contribution in [0.3, 0.4) is 0 Å². The fraction of sp³-hybridized carbons (Fsp3) is 0.375. The van der Waals surface area contributed by atoms with E-state index < -0.39 is 11.9 Å². The van der Waals surface area contributed by atoms with E-state index in [1.807, 2.05) is 24.4 Å². The highest BCUT2D eigenvalue weighted by Gasteiger charge is 2.26. The number of carbonyl (C=O) groups excluding carboxylic acids is 2. The van der Waals surface area contributed by atoms with E-state index in [0.29, 0.717) is 30.0 Å². The number of amides is 3. The molecule has 1 saturated carbocycles. The number of aliphatic hydroxyl groups is 2. The van der Waals surface area contributed by atoms with Crippen molar-refractivity contribution in [2.75, 3.05) is 31.6 Å². The second-order valence-corrected chi connectivity index (χ2v) is 12.5. The first-order chi connectivity index (χ1) is 21.8. The summed E-state index contributed by atoms with van der Waals surface area (Å²) in [5.41, 5.74) is 2.85. The molecule has 6 rings (SSSR count). The Kier molecular flexibility index (Phi) is 9.50. The van der Waals surface area contributed by atoms with Crippen LogP contribution in [-0.4, -0.2) is 75.4 Å². The minimum absolute atomic E-state index is 0.0354. The molecular formula is C32H35FN6O5S. The van der Waals surface area contributed by atoms with Crippen LogP contribution >= 0.6 is 11.3 Å². The Bertz CT molecular complexity index is 1660. The Labute approximate surface area is 263 Å². The highest BCUT2D eigenvalue weighted by molar-refractivity contribution is 7.22. The van der Waals surface area contributed by atoms with Gasteiger partial charge in [0.25, 0.3) is 0 Å². The Balaban J connectivity index is 1.09. The van der Waals surface area contributed by atoms with Crippen LogP contribution < -0.4 is 20.7 Å². The van der Waals surface area contributed by atoms with Crippen LogP contribution in [-0.2, 0) is 11.3 Å². The molecule has 11 nitrogen and oxygen atoms in total. The number of halogens is 1. The number of hydrogen-bond acceptors (Lipinski definition) is 9. The molecule has 236 valence electrons. The summed E-state index contributed by atoms with van der Waals surface area (Å²) in [7, 11) is 0. The van der Waals surface area contributed by atoms with Crippen molar-refractivity contribution in [1.29, 1.82) is 0 Å². The number of carbonyl (C=O) groups is 2. The zero-order chi connectivity index (χ0) is 31.3. The lowest BCUT2D eigenvalue weighted by Crippen LogP contribution is -2.44. The van der Waals surface area contributed by atoms with E-state index in [1.165, 1.54) is 23.5 Å². The van der Waals surface area contributed by atoms with Crippen molar-refractivity contribution >= 4 is 39.2 Å². The number of hydrogen-bond donors (Lipinski definition) is 5. The topological polar surface area (TPSA) is 149 Å². The molecule has 2 aliphatic rings. The number of piperidine rings is 1. The third kappa shape index (κ3) is 7.92. The largest absolute Gasteiger partial charge is 0.453 e. The summed E-state index contributed by atoms with van der Waals surface area (Å²) in [5.74, 6) is -0.366. The zero-order valence-corrected chi connectivity index (χ0v) is 25.4. The van der Waals surface area contributed by atoms with Gasteiger partial charge in [-0.15, -0.1) is 11.3 Å². The molecule has 13 heteroatoms. The third-order valence-corrected chi connectivity index (χ3v) is 8.94. The molecule has 4 heterocycles. The number of aliphatic hydroxyl groups excluding tert-OH is 2. The average Bonchev–Trinajstić information content (AvgIpc) is 3.74. The van der Waals surface area contributed by atoms with Gasteiger partial charge < -0.3 is 30.9 Å². The molecule has 45 heavy (non-hydrogen) atoms. The molecule has 3 aromatic heterocycles. The number of pyridine rings is 2. The molecule has 1 aromatic carbocycles. The van der Waals surface area contributed by atoms with E-state index in [4.69, 9.17) is 9.84 Å². The van der Waals surface area contributed by atoms with E-state index in [9.17, 15) is 19.1 Å². The first-order valence-electron chi connectivity index (χ1n) is 15.0. The predicted octanol–water partition coefficient (Wildman–Crippen LogP) is 4.26. The maximum absolute atomic E-state index is 14.9. The van der Waals surface area contributed by atoms with Crippen LogP contribution in [0, 0.1) is 11.7 Å². The minimum atomic E-state index is -0.954. The summed E-state index contributed by atoms with van der Waals surface area (Å²) < 4.78 is 21.6. The molecule has 2 unspecified atom stereocenters. The molecule has 2 fully saturated rings. The SMILES string of the molecule is O=C(Nc1ccc(Oc2ccnc3cc(-c4ccc(CN5CCCC(C(=O)NCC(O)CO)C5)cn4)sc23)c(F)c1)NC1CC1. The molecular weight excluding hydrogens is 599 g/mol. The Hall–Kier alpha value is -4.17. The monoisotopic (exact) mass is 634 g/mol. The number of fused-ring (bicyclic) bond motifs is 1. The summed E-state index contributed by atoms with van der Waals surface area (Å²) in [6.07, 6.45) is 6.10. The van der Waals surface area contributed by atoms with Crippen molar-refractivity contribution in [2.24, 2.45) is 5.92 Å². The van der Waals surface area contributed by atoms with Crippen LogP contribution in [0.5, 0.6) is 11.5 Å². The number of rotatable bonds is 11. The van der Waals surface area contributed by atoms with Gasteiger partial charge in [0.1, 0.15) is 5.75 Å². The smallest absolute Gasteiger partial charge is 0.319 e. The average molecular weight is 635 g/mol. The number of nitrogens with one attached hydrogen (secondary N) is 3. The lowest BCUT2D eigenvalue weighted by atomic mass is 9.96. The highest BCUT2D eigenvalue weighted by Crippen LogP contribution is 2.39. The number of urea groups is 1. The molecule has 1 aliphatic carbocycles. The standard InChI is InChI=1S/C32H35FN6O5S/c33-24-12-22(38-32(43)37-21-4-5-21)6-8-27(24)44-28-9-10-34-26-13-29(45-30(26)28)25-7-3-19(14-35-25)16-39-11-1-2-20(17-39)31(42)36-15-23(41)18-40/h3,6-10,12-14,20-21,23,40-41H,1-2,4-5,11,15-18H2,(H,36,42)(H2,37,38,43). The van der Waals surface area contributed by atoms with Gasteiger partial charge in [0, 0.05) is 55.9 Å². The molecule has 0 bridgehead atoms. The number of benzene rings is 1. The first-order valence-corrected chi connectivity index (χ1v) is 15.8. The van der Waals surface area contributed by atoms with Crippen LogP contribution in [0.25, 0.3) is 20.8 Å². The molecule has 3 amide bonds. The quantitative estimate of drug-likeness (QED) is 0.164. The second kappa shape index (κ2) is 13.9. The highest BCUT2D eigenvalue weighted by atomic mass is 32.1. The number of likely N-dealkylation sites (tertiary alicyclic amines) is 1. The van der Waals surface area contributed by atoms with E-state index in [0.717, 1.165) is 53.1 Å². The van der Waals surface area contributed by atoms with Crippen LogP contribution in [0.2, 0.25) is 0 Å². The first kappa shape index (κ1) is 30.8. The van der Waals surface area contributed by atoms with Gasteiger partial charge in [-0.3, -0.25) is 19.7 Å². The van der Waals surface area contributed by atoms with E-state index in [1.54, 1.807) is 18.3 Å². The molecule has 0 spiro atoms. The van der Waals surface area contributed by atoms with Crippen molar-refractivity contribution in [3.05, 3.63) is 66.2 Å². The van der Waals surface area contributed by atoms with Crippen LogP contribution in [0.1, 0.15) is 31.2 Å². The van der Waals surface area contributed by atoms with Gasteiger partial charge in [0.2, 0.25) is 5.91 Å². The van der Waals surface area contributed by atoms with Gasteiger partial charge in [-0.05, 0) is 62.1 Å². The second-order valence-electron chi connectivity index (χ2n) is 11.5. The van der Waals surface area contributed by atoms with Crippen LogP contribution in [0.15, 0.2) is 54.9 Å². The summed E-state index contributed by atoms with van der Waals surface area (Å²) in [5, 5.41) is 26.7. The molecule has 1 saturated heterocycles. The van der Waals surface area contributed by atoms with E-state index in [2.05, 4.69) is 30.8 Å². The van der Waals surface area contributed by atoms with Crippen molar-refractivity contribution in [3.63, 3.8) is 0 Å². The fourth-order valence-electron chi connectivity index (χ4n) is 5.24. The lowest BCUT2D eigenvalue weighted by molar-refractivity contribution is -0.127. The Morgan fingerprint density at radius 3 is 2.73 bits per heavy atom. The normalized spacial score (nSPS) is 17.5. The van der Waals surface area contributed by atoms with E-state index >= 15 is 0 Å². The fourth-order valence-corrected chi connectivity index (χ4v) is 6.29. The number of ether oxygens (including phenoxy) is 1. The summed E-state index contributed by atoms with van der Waals surface area (Å²) in [4.78, 5) is 36.8. The Morgan fingerprint density at radius 1 is 1.11 bits per heavy atom. The van der Waals surface area contributed by atoms with Crippen molar-refractivity contribution < 1.29 is 28.9 Å². The molecule has 4 aromatic rings. The lowest BCUT2D eigenvalue weighted by Gasteiger charge is -2.32. The molecule has 5 N–H and O–H groups in total. The molecule has 0 radical (unpaired) electrons. The Morgan fingerprint density at radius 2 is 1.98 bits per heavy atom. The van der Waals surface area contributed by atoms with Gasteiger partial charge in [-0.1, -0.05) is 6.07 Å².